The molecule has 2 rings (SSSR count). The summed E-state index contributed by atoms with van der Waals surface area (Å²) < 4.78 is 0. The van der Waals surface area contributed by atoms with Crippen molar-refractivity contribution in [1.82, 2.24) is 5.32 Å². The molecule has 1 aliphatic rings. The van der Waals surface area contributed by atoms with Gasteiger partial charge < -0.3 is 10.2 Å². The Balaban J connectivity index is 2.23. The van der Waals surface area contributed by atoms with E-state index in [-0.39, 0.29) is 11.9 Å². The van der Waals surface area contributed by atoms with E-state index in [4.69, 9.17) is 0 Å². The number of hydrogen-bond acceptors (Lipinski definition) is 2. The van der Waals surface area contributed by atoms with Crippen molar-refractivity contribution >= 4 is 11.6 Å². The summed E-state index contributed by atoms with van der Waals surface area (Å²) >= 11 is 0. The van der Waals surface area contributed by atoms with E-state index >= 15 is 0 Å². The molecule has 0 aromatic heterocycles. The first-order valence-electron chi connectivity index (χ1n) is 8.30. The first kappa shape index (κ1) is 16.0. The first-order chi connectivity index (χ1) is 10.2. The molecular weight excluding hydrogens is 260 g/mol. The van der Waals surface area contributed by atoms with Gasteiger partial charge in [0.05, 0.1) is 6.04 Å². The summed E-state index contributed by atoms with van der Waals surface area (Å²) in [4.78, 5) is 14.7. The number of fused-ring (bicyclic) bond motifs is 1. The first-order valence-corrected chi connectivity index (χ1v) is 8.30. The molecule has 116 valence electrons. The Morgan fingerprint density at radius 2 is 2.10 bits per heavy atom. The maximum Gasteiger partial charge on any atom is 0.243 e. The van der Waals surface area contributed by atoms with Gasteiger partial charge >= 0.3 is 0 Å². The SMILES string of the molecule is CCCCC(CC)CN1C(=O)C(C)NCc2ccccc21. The number of benzene rings is 1. The molecule has 0 saturated heterocycles. The van der Waals surface area contributed by atoms with Gasteiger partial charge in [0.1, 0.15) is 0 Å². The number of unbranched alkanes of at least 4 members (excludes halogenated alkanes) is 1. The van der Waals surface area contributed by atoms with Crippen LogP contribution in [-0.4, -0.2) is 18.5 Å². The molecule has 2 unspecified atom stereocenters. The second-order valence-electron chi connectivity index (χ2n) is 6.10. The van der Waals surface area contributed by atoms with Crippen LogP contribution in [0, 0.1) is 5.92 Å². The second kappa shape index (κ2) is 7.60. The Bertz CT molecular complexity index is 472. The molecule has 1 heterocycles. The smallest absolute Gasteiger partial charge is 0.243 e. The minimum Gasteiger partial charge on any atom is -0.310 e. The van der Waals surface area contributed by atoms with Gasteiger partial charge in [0.15, 0.2) is 0 Å². The van der Waals surface area contributed by atoms with Crippen molar-refractivity contribution in [3.63, 3.8) is 0 Å². The van der Waals surface area contributed by atoms with Crippen LogP contribution in [0.25, 0.3) is 0 Å². The lowest BCUT2D eigenvalue weighted by Crippen LogP contribution is -2.44. The molecule has 0 aliphatic carbocycles. The third-order valence-electron chi connectivity index (χ3n) is 4.50. The van der Waals surface area contributed by atoms with Crippen LogP contribution in [0.3, 0.4) is 0 Å². The summed E-state index contributed by atoms with van der Waals surface area (Å²) in [5.74, 6) is 0.794. The molecule has 1 aromatic rings. The lowest BCUT2D eigenvalue weighted by Gasteiger charge is -2.28. The van der Waals surface area contributed by atoms with Crippen LogP contribution < -0.4 is 10.2 Å². The highest BCUT2D eigenvalue weighted by atomic mass is 16.2. The number of amides is 1. The summed E-state index contributed by atoms with van der Waals surface area (Å²) in [7, 11) is 0. The van der Waals surface area contributed by atoms with Gasteiger partial charge in [-0.15, -0.1) is 0 Å². The van der Waals surface area contributed by atoms with Gasteiger partial charge in [0, 0.05) is 18.8 Å². The second-order valence-corrected chi connectivity index (χ2v) is 6.10. The van der Waals surface area contributed by atoms with Crippen LogP contribution in [0.2, 0.25) is 0 Å². The number of nitrogens with zero attached hydrogens (tertiary/aromatic N) is 1. The predicted molar refractivity (Wildman–Crippen MR) is 88.4 cm³/mol. The minimum atomic E-state index is -0.110. The fourth-order valence-electron chi connectivity index (χ4n) is 2.99. The normalized spacial score (nSPS) is 20.0. The zero-order valence-electron chi connectivity index (χ0n) is 13.6. The Morgan fingerprint density at radius 3 is 2.81 bits per heavy atom. The van der Waals surface area contributed by atoms with Crippen molar-refractivity contribution < 1.29 is 4.79 Å². The Morgan fingerprint density at radius 1 is 1.33 bits per heavy atom. The number of hydrogen-bond donors (Lipinski definition) is 1. The van der Waals surface area contributed by atoms with Crippen LogP contribution in [0.1, 0.15) is 52.0 Å². The molecule has 3 heteroatoms. The van der Waals surface area contributed by atoms with Crippen LogP contribution in [0.15, 0.2) is 24.3 Å². The monoisotopic (exact) mass is 288 g/mol. The minimum absolute atomic E-state index is 0.110. The molecule has 0 bridgehead atoms. The van der Waals surface area contributed by atoms with Gasteiger partial charge in [-0.05, 0) is 30.9 Å². The predicted octanol–water partition coefficient (Wildman–Crippen LogP) is 3.73. The Labute approximate surface area is 128 Å². The number of rotatable bonds is 6. The van der Waals surface area contributed by atoms with Gasteiger partial charge in [0.25, 0.3) is 0 Å². The van der Waals surface area contributed by atoms with E-state index in [0.717, 1.165) is 25.2 Å². The van der Waals surface area contributed by atoms with Crippen molar-refractivity contribution in [2.45, 2.75) is 59.0 Å². The van der Waals surface area contributed by atoms with Crippen molar-refractivity contribution in [2.75, 3.05) is 11.4 Å². The zero-order valence-corrected chi connectivity index (χ0v) is 13.6. The largest absolute Gasteiger partial charge is 0.310 e. The highest BCUT2D eigenvalue weighted by molar-refractivity contribution is 5.98. The fourth-order valence-corrected chi connectivity index (χ4v) is 2.99. The van der Waals surface area contributed by atoms with Crippen molar-refractivity contribution in [2.24, 2.45) is 5.92 Å². The lowest BCUT2D eigenvalue weighted by atomic mass is 9.98. The van der Waals surface area contributed by atoms with E-state index in [0.29, 0.717) is 5.92 Å². The number of carbonyl (C=O) groups excluding carboxylic acids is 1. The maximum absolute atomic E-state index is 12.7. The molecule has 1 aromatic carbocycles. The van der Waals surface area contributed by atoms with Crippen molar-refractivity contribution in [3.8, 4) is 0 Å². The van der Waals surface area contributed by atoms with E-state index in [9.17, 15) is 4.79 Å². The molecule has 1 aliphatic heterocycles. The topological polar surface area (TPSA) is 32.3 Å². The molecule has 1 amide bonds. The molecule has 1 N–H and O–H groups in total. The van der Waals surface area contributed by atoms with Gasteiger partial charge in [0.2, 0.25) is 5.91 Å². The standard InChI is InChI=1S/C18H28N2O/c1-4-6-9-15(5-2)13-20-17-11-8-7-10-16(17)12-19-14(3)18(20)21/h7-8,10-11,14-15,19H,4-6,9,12-13H2,1-3H3. The van der Waals surface area contributed by atoms with Gasteiger partial charge in [-0.2, -0.15) is 0 Å². The summed E-state index contributed by atoms with van der Waals surface area (Å²) in [5.41, 5.74) is 2.31. The van der Waals surface area contributed by atoms with Crippen molar-refractivity contribution in [1.29, 1.82) is 0 Å². The average Bonchev–Trinajstić information content (AvgIpc) is 2.63. The number of nitrogens with one attached hydrogen (secondary N) is 1. The van der Waals surface area contributed by atoms with E-state index in [1.54, 1.807) is 0 Å². The summed E-state index contributed by atoms with van der Waals surface area (Å²) in [6, 6.07) is 8.17. The Hall–Kier alpha value is -1.35. The van der Waals surface area contributed by atoms with Gasteiger partial charge in [-0.3, -0.25) is 4.79 Å². The summed E-state index contributed by atoms with van der Waals surface area (Å²) in [5, 5.41) is 3.32. The molecule has 2 atom stereocenters. The molecule has 0 saturated carbocycles. The quantitative estimate of drug-likeness (QED) is 0.865. The molecule has 21 heavy (non-hydrogen) atoms. The third kappa shape index (κ3) is 3.85. The van der Waals surface area contributed by atoms with Crippen LogP contribution in [0.5, 0.6) is 0 Å². The van der Waals surface area contributed by atoms with Crippen molar-refractivity contribution in [3.05, 3.63) is 29.8 Å². The lowest BCUT2D eigenvalue weighted by molar-refractivity contribution is -0.120. The average molecular weight is 288 g/mol. The van der Waals surface area contributed by atoms with E-state index in [1.807, 2.05) is 24.0 Å². The molecule has 0 radical (unpaired) electrons. The van der Waals surface area contributed by atoms with E-state index in [2.05, 4.69) is 31.3 Å². The number of para-hydroxylation sites is 1. The summed E-state index contributed by atoms with van der Waals surface area (Å²) in [6.07, 6.45) is 4.81. The Kier molecular flexibility index (Phi) is 5.80. The number of anilines is 1. The highest BCUT2D eigenvalue weighted by Crippen LogP contribution is 2.26. The highest BCUT2D eigenvalue weighted by Gasteiger charge is 2.28. The number of carbonyl (C=O) groups is 1. The third-order valence-corrected chi connectivity index (χ3v) is 4.50. The molecular formula is C18H28N2O. The van der Waals surface area contributed by atoms with Crippen LogP contribution in [-0.2, 0) is 11.3 Å². The van der Waals surface area contributed by atoms with E-state index < -0.39 is 0 Å². The zero-order chi connectivity index (χ0) is 15.2. The fraction of sp³-hybridized carbons (Fsp3) is 0.611. The van der Waals surface area contributed by atoms with Gasteiger partial charge in [-0.25, -0.2) is 0 Å². The maximum atomic E-state index is 12.7. The van der Waals surface area contributed by atoms with E-state index in [1.165, 1.54) is 24.8 Å². The van der Waals surface area contributed by atoms with Gasteiger partial charge in [-0.1, -0.05) is 51.3 Å². The summed E-state index contributed by atoms with van der Waals surface area (Å²) in [6.45, 7) is 8.04. The molecule has 0 fully saturated rings. The van der Waals surface area contributed by atoms with Crippen LogP contribution >= 0.6 is 0 Å². The van der Waals surface area contributed by atoms with Crippen LogP contribution in [0.4, 0.5) is 5.69 Å². The molecule has 0 spiro atoms. The molecule has 3 nitrogen and oxygen atoms in total.